The number of amides is 1. The van der Waals surface area contributed by atoms with Gasteiger partial charge in [0.25, 0.3) is 5.91 Å². The number of nitrogens with one attached hydrogen (secondary N) is 1. The molecule has 0 radical (unpaired) electrons. The van der Waals surface area contributed by atoms with Crippen molar-refractivity contribution in [1.82, 2.24) is 4.98 Å². The van der Waals surface area contributed by atoms with Crippen molar-refractivity contribution in [1.29, 1.82) is 0 Å². The fourth-order valence-electron chi connectivity index (χ4n) is 1.68. The Morgan fingerprint density at radius 3 is 2.79 bits per heavy atom. The number of hydrogen-bond acceptors (Lipinski definition) is 4. The quantitative estimate of drug-likeness (QED) is 0.753. The molecule has 3 nitrogen and oxygen atoms in total. The SMILES string of the molecule is Cc1ccc(C(=O)Nc2nc3c(Cl)cccc3s2)s1. The zero-order chi connectivity index (χ0) is 13.4. The fraction of sp³-hybridized carbons (Fsp3) is 0.0769. The summed E-state index contributed by atoms with van der Waals surface area (Å²) in [5.74, 6) is -0.131. The summed E-state index contributed by atoms with van der Waals surface area (Å²) < 4.78 is 0.963. The molecule has 0 atom stereocenters. The van der Waals surface area contributed by atoms with Crippen LogP contribution >= 0.6 is 34.3 Å². The third-order valence-electron chi connectivity index (χ3n) is 2.55. The van der Waals surface area contributed by atoms with Crippen LogP contribution in [0.3, 0.4) is 0 Å². The summed E-state index contributed by atoms with van der Waals surface area (Å²) in [5, 5.41) is 3.98. The highest BCUT2D eigenvalue weighted by Crippen LogP contribution is 2.31. The van der Waals surface area contributed by atoms with E-state index in [9.17, 15) is 4.79 Å². The van der Waals surface area contributed by atoms with Crippen molar-refractivity contribution in [3.8, 4) is 0 Å². The van der Waals surface area contributed by atoms with E-state index in [1.54, 1.807) is 6.07 Å². The smallest absolute Gasteiger partial charge is 0.267 e. The largest absolute Gasteiger partial charge is 0.297 e. The van der Waals surface area contributed by atoms with Crippen LogP contribution in [0.1, 0.15) is 14.5 Å². The Hall–Kier alpha value is -1.43. The maximum absolute atomic E-state index is 12.0. The molecule has 0 aliphatic carbocycles. The van der Waals surface area contributed by atoms with Crippen LogP contribution in [0.2, 0.25) is 5.02 Å². The minimum Gasteiger partial charge on any atom is -0.297 e. The molecule has 0 saturated carbocycles. The summed E-state index contributed by atoms with van der Waals surface area (Å²) >= 11 is 8.94. The van der Waals surface area contributed by atoms with E-state index in [4.69, 9.17) is 11.6 Å². The molecule has 19 heavy (non-hydrogen) atoms. The topological polar surface area (TPSA) is 42.0 Å². The molecule has 0 aliphatic heterocycles. The molecule has 0 bridgehead atoms. The lowest BCUT2D eigenvalue weighted by Gasteiger charge is -1.97. The van der Waals surface area contributed by atoms with Gasteiger partial charge in [-0.1, -0.05) is 29.0 Å². The molecule has 1 N–H and O–H groups in total. The summed E-state index contributed by atoms with van der Waals surface area (Å²) in [6.45, 7) is 1.97. The van der Waals surface area contributed by atoms with Crippen LogP contribution < -0.4 is 5.32 Å². The Morgan fingerprint density at radius 1 is 1.26 bits per heavy atom. The predicted molar refractivity (Wildman–Crippen MR) is 81.6 cm³/mol. The number of nitrogens with zero attached hydrogens (tertiary/aromatic N) is 1. The van der Waals surface area contributed by atoms with Gasteiger partial charge in [-0.25, -0.2) is 4.98 Å². The number of carbonyl (C=O) groups excluding carboxylic acids is 1. The average Bonchev–Trinajstić information content (AvgIpc) is 2.96. The maximum Gasteiger partial charge on any atom is 0.267 e. The Labute approximate surface area is 122 Å². The van der Waals surface area contributed by atoms with Crippen LogP contribution in [0.25, 0.3) is 10.2 Å². The zero-order valence-electron chi connectivity index (χ0n) is 9.94. The van der Waals surface area contributed by atoms with Gasteiger partial charge in [-0.2, -0.15) is 0 Å². The van der Waals surface area contributed by atoms with Gasteiger partial charge < -0.3 is 0 Å². The lowest BCUT2D eigenvalue weighted by atomic mass is 10.3. The molecule has 0 aliphatic rings. The van der Waals surface area contributed by atoms with E-state index >= 15 is 0 Å². The maximum atomic E-state index is 12.0. The van der Waals surface area contributed by atoms with Gasteiger partial charge in [-0.05, 0) is 31.2 Å². The number of thiazole rings is 1. The van der Waals surface area contributed by atoms with Crippen LogP contribution in [0.4, 0.5) is 5.13 Å². The molecule has 3 aromatic rings. The molecule has 96 valence electrons. The molecule has 1 amide bonds. The van der Waals surface area contributed by atoms with Gasteiger partial charge in [0, 0.05) is 4.88 Å². The van der Waals surface area contributed by atoms with Crippen LogP contribution in [0, 0.1) is 6.92 Å². The summed E-state index contributed by atoms with van der Waals surface area (Å²) in [6, 6.07) is 9.34. The highest BCUT2D eigenvalue weighted by molar-refractivity contribution is 7.22. The van der Waals surface area contributed by atoms with Crippen molar-refractivity contribution in [2.24, 2.45) is 0 Å². The first-order chi connectivity index (χ1) is 9.13. The van der Waals surface area contributed by atoms with Crippen LogP contribution in [-0.2, 0) is 0 Å². The van der Waals surface area contributed by atoms with Crippen molar-refractivity contribution >= 4 is 55.5 Å². The minimum absolute atomic E-state index is 0.131. The van der Waals surface area contributed by atoms with Crippen LogP contribution in [0.5, 0.6) is 0 Å². The molecule has 1 aromatic carbocycles. The van der Waals surface area contributed by atoms with E-state index in [0.717, 1.165) is 15.1 Å². The van der Waals surface area contributed by atoms with E-state index in [-0.39, 0.29) is 5.91 Å². The van der Waals surface area contributed by atoms with Gasteiger partial charge in [0.15, 0.2) is 5.13 Å². The zero-order valence-corrected chi connectivity index (χ0v) is 12.3. The van der Waals surface area contributed by atoms with Gasteiger partial charge in [-0.3, -0.25) is 10.1 Å². The van der Waals surface area contributed by atoms with E-state index in [0.29, 0.717) is 15.0 Å². The first-order valence-corrected chi connectivity index (χ1v) is 7.57. The van der Waals surface area contributed by atoms with Crippen LogP contribution in [0.15, 0.2) is 30.3 Å². The molecular weight excluding hydrogens is 300 g/mol. The van der Waals surface area contributed by atoms with E-state index in [1.165, 1.54) is 22.7 Å². The molecule has 0 saturated heterocycles. The predicted octanol–water partition coefficient (Wildman–Crippen LogP) is 4.57. The number of aryl methyl sites for hydroxylation is 1. The molecule has 0 fully saturated rings. The van der Waals surface area contributed by atoms with Crippen LogP contribution in [-0.4, -0.2) is 10.9 Å². The van der Waals surface area contributed by atoms with Crippen molar-refractivity contribution in [3.05, 3.63) is 45.1 Å². The second-order valence-corrected chi connectivity index (χ2v) is 6.70. The number of aromatic nitrogens is 1. The summed E-state index contributed by atoms with van der Waals surface area (Å²) in [5.41, 5.74) is 0.729. The number of anilines is 1. The van der Waals surface area contributed by atoms with Gasteiger partial charge in [0.2, 0.25) is 0 Å². The molecule has 3 rings (SSSR count). The van der Waals surface area contributed by atoms with Gasteiger partial charge in [0.1, 0.15) is 5.52 Å². The lowest BCUT2D eigenvalue weighted by Crippen LogP contribution is -2.09. The highest BCUT2D eigenvalue weighted by Gasteiger charge is 2.12. The van der Waals surface area contributed by atoms with E-state index in [1.807, 2.05) is 31.2 Å². The number of carbonyl (C=O) groups is 1. The number of hydrogen-bond donors (Lipinski definition) is 1. The second kappa shape index (κ2) is 4.92. The van der Waals surface area contributed by atoms with E-state index < -0.39 is 0 Å². The molecule has 6 heteroatoms. The Morgan fingerprint density at radius 2 is 2.11 bits per heavy atom. The normalized spacial score (nSPS) is 10.8. The first-order valence-electron chi connectivity index (χ1n) is 5.56. The van der Waals surface area contributed by atoms with E-state index in [2.05, 4.69) is 10.3 Å². The summed E-state index contributed by atoms with van der Waals surface area (Å²) in [6.07, 6.45) is 0. The number of thiophene rings is 1. The Bertz CT molecular complexity index is 763. The van der Waals surface area contributed by atoms with Gasteiger partial charge in [0.05, 0.1) is 14.6 Å². The monoisotopic (exact) mass is 308 g/mol. The third kappa shape index (κ3) is 2.49. The van der Waals surface area contributed by atoms with Gasteiger partial charge in [-0.15, -0.1) is 11.3 Å². The average molecular weight is 309 g/mol. The van der Waals surface area contributed by atoms with Crippen molar-refractivity contribution in [2.45, 2.75) is 6.92 Å². The molecule has 0 spiro atoms. The number of fused-ring (bicyclic) bond motifs is 1. The van der Waals surface area contributed by atoms with Crippen molar-refractivity contribution in [2.75, 3.05) is 5.32 Å². The summed E-state index contributed by atoms with van der Waals surface area (Å²) in [4.78, 5) is 18.2. The molecule has 0 unspecified atom stereocenters. The number of halogens is 1. The van der Waals surface area contributed by atoms with Crippen molar-refractivity contribution in [3.63, 3.8) is 0 Å². The fourth-order valence-corrected chi connectivity index (χ4v) is 3.61. The lowest BCUT2D eigenvalue weighted by molar-refractivity contribution is 0.103. The first kappa shape index (κ1) is 12.6. The Balaban J connectivity index is 1.89. The highest BCUT2D eigenvalue weighted by atomic mass is 35.5. The number of para-hydroxylation sites is 1. The standard InChI is InChI=1S/C13H9ClN2OS2/c1-7-5-6-10(18-7)12(17)16-13-15-11-8(14)3-2-4-9(11)19-13/h2-6H,1H3,(H,15,16,17). The van der Waals surface area contributed by atoms with Gasteiger partial charge >= 0.3 is 0 Å². The third-order valence-corrected chi connectivity index (χ3v) is 4.79. The number of rotatable bonds is 2. The van der Waals surface area contributed by atoms with Crippen molar-refractivity contribution < 1.29 is 4.79 Å². The molecule has 2 heterocycles. The Kier molecular flexibility index (Phi) is 3.26. The minimum atomic E-state index is -0.131. The number of benzene rings is 1. The molecule has 2 aromatic heterocycles. The second-order valence-electron chi connectivity index (χ2n) is 3.97. The summed E-state index contributed by atoms with van der Waals surface area (Å²) in [7, 11) is 0. The molecular formula is C13H9ClN2OS2.